The first-order valence-corrected chi connectivity index (χ1v) is 7.22. The summed E-state index contributed by atoms with van der Waals surface area (Å²) in [4.78, 5) is 0. The number of rotatable bonds is 4. The van der Waals surface area contributed by atoms with E-state index in [1.54, 1.807) is 0 Å². The minimum atomic E-state index is -0.171. The Kier molecular flexibility index (Phi) is 5.06. The molecule has 1 aromatic carbocycles. The summed E-state index contributed by atoms with van der Waals surface area (Å²) in [5.74, 6) is 1.25. The smallest absolute Gasteiger partial charge is 0.119 e. The minimum absolute atomic E-state index is 0.171. The van der Waals surface area contributed by atoms with Gasteiger partial charge in [0.2, 0.25) is 0 Å². The summed E-state index contributed by atoms with van der Waals surface area (Å²) < 4.78 is 5.59. The highest BCUT2D eigenvalue weighted by atomic mass is 16.5. The molecule has 1 aromatic rings. The van der Waals surface area contributed by atoms with Crippen LogP contribution in [0.1, 0.15) is 56.9 Å². The van der Waals surface area contributed by atoms with Gasteiger partial charge in [0.25, 0.3) is 0 Å². The van der Waals surface area contributed by atoms with Crippen LogP contribution in [0.25, 0.3) is 0 Å². The molecule has 0 amide bonds. The van der Waals surface area contributed by atoms with Crippen molar-refractivity contribution in [3.05, 3.63) is 29.8 Å². The average molecular weight is 248 g/mol. The summed E-state index contributed by atoms with van der Waals surface area (Å²) in [6.07, 6.45) is 6.56. The van der Waals surface area contributed by atoms with Crippen LogP contribution in [-0.2, 0) is 0 Å². The number of benzene rings is 1. The molecule has 2 heteroatoms. The lowest BCUT2D eigenvalue weighted by Crippen LogP contribution is -2.16. The molecule has 1 saturated carbocycles. The van der Waals surface area contributed by atoms with Crippen LogP contribution in [-0.4, -0.2) is 17.8 Å². The van der Waals surface area contributed by atoms with E-state index in [4.69, 9.17) is 4.74 Å². The zero-order chi connectivity index (χ0) is 12.8. The molecule has 2 atom stereocenters. The maximum Gasteiger partial charge on any atom is 0.119 e. The normalized spacial score (nSPS) is 24.6. The number of hydrogen-bond donors (Lipinski definition) is 1. The maximum atomic E-state index is 10.2. The second kappa shape index (κ2) is 6.79. The van der Waals surface area contributed by atoms with Crippen LogP contribution < -0.4 is 4.74 Å². The van der Waals surface area contributed by atoms with E-state index in [-0.39, 0.29) is 6.10 Å². The SMILES string of the molecule is CCCOc1ccc(C2CCCCCC2O)cc1. The molecule has 1 aliphatic carbocycles. The standard InChI is InChI=1S/C16H24O2/c1-2-12-18-14-10-8-13(9-11-14)15-6-4-3-5-7-16(15)17/h8-11,15-17H,2-7,12H2,1H3. The van der Waals surface area contributed by atoms with Crippen LogP contribution in [0.15, 0.2) is 24.3 Å². The Bertz CT molecular complexity index is 345. The number of hydrogen-bond acceptors (Lipinski definition) is 2. The minimum Gasteiger partial charge on any atom is -0.494 e. The van der Waals surface area contributed by atoms with Crippen molar-refractivity contribution < 1.29 is 9.84 Å². The highest BCUT2D eigenvalue weighted by Gasteiger charge is 2.22. The van der Waals surface area contributed by atoms with Gasteiger partial charge in [-0.1, -0.05) is 38.3 Å². The van der Waals surface area contributed by atoms with Crippen molar-refractivity contribution in [2.45, 2.75) is 57.5 Å². The lowest BCUT2D eigenvalue weighted by Gasteiger charge is -2.21. The fourth-order valence-corrected chi connectivity index (χ4v) is 2.71. The van der Waals surface area contributed by atoms with E-state index < -0.39 is 0 Å². The van der Waals surface area contributed by atoms with Crippen LogP contribution in [0, 0.1) is 0 Å². The van der Waals surface area contributed by atoms with Crippen LogP contribution in [0.5, 0.6) is 5.75 Å². The summed E-state index contributed by atoms with van der Waals surface area (Å²) in [7, 11) is 0. The van der Waals surface area contributed by atoms with Gasteiger partial charge in [-0.05, 0) is 37.0 Å². The van der Waals surface area contributed by atoms with Gasteiger partial charge in [0, 0.05) is 5.92 Å². The summed E-state index contributed by atoms with van der Waals surface area (Å²) in [6.45, 7) is 2.88. The Balaban J connectivity index is 2.03. The lowest BCUT2D eigenvalue weighted by atomic mass is 9.89. The molecule has 0 radical (unpaired) electrons. The fraction of sp³-hybridized carbons (Fsp3) is 0.625. The van der Waals surface area contributed by atoms with Gasteiger partial charge in [-0.2, -0.15) is 0 Å². The monoisotopic (exact) mass is 248 g/mol. The molecule has 1 N–H and O–H groups in total. The first-order chi connectivity index (χ1) is 8.81. The van der Waals surface area contributed by atoms with E-state index in [0.717, 1.165) is 38.0 Å². The van der Waals surface area contributed by atoms with Gasteiger partial charge in [-0.25, -0.2) is 0 Å². The molecule has 0 spiro atoms. The molecule has 100 valence electrons. The molecular formula is C16H24O2. The highest BCUT2D eigenvalue weighted by molar-refractivity contribution is 5.30. The molecular weight excluding hydrogens is 224 g/mol. The second-order valence-electron chi connectivity index (χ2n) is 5.23. The first kappa shape index (κ1) is 13.4. The van der Waals surface area contributed by atoms with Crippen LogP contribution in [0.4, 0.5) is 0 Å². The third-order valence-corrected chi connectivity index (χ3v) is 3.76. The quantitative estimate of drug-likeness (QED) is 0.819. The van der Waals surface area contributed by atoms with Crippen molar-refractivity contribution in [3.8, 4) is 5.75 Å². The van der Waals surface area contributed by atoms with Crippen molar-refractivity contribution in [2.24, 2.45) is 0 Å². The third-order valence-electron chi connectivity index (χ3n) is 3.76. The zero-order valence-corrected chi connectivity index (χ0v) is 11.3. The Labute approximate surface area is 110 Å². The molecule has 0 aliphatic heterocycles. The second-order valence-corrected chi connectivity index (χ2v) is 5.23. The van der Waals surface area contributed by atoms with Crippen molar-refractivity contribution >= 4 is 0 Å². The van der Waals surface area contributed by atoms with Gasteiger partial charge < -0.3 is 9.84 Å². The topological polar surface area (TPSA) is 29.5 Å². The molecule has 0 bridgehead atoms. The first-order valence-electron chi connectivity index (χ1n) is 7.22. The molecule has 1 fully saturated rings. The highest BCUT2D eigenvalue weighted by Crippen LogP contribution is 2.32. The lowest BCUT2D eigenvalue weighted by molar-refractivity contribution is 0.135. The summed E-state index contributed by atoms with van der Waals surface area (Å²) in [5.41, 5.74) is 1.26. The predicted molar refractivity (Wildman–Crippen MR) is 74.1 cm³/mol. The molecule has 2 nitrogen and oxygen atoms in total. The van der Waals surface area contributed by atoms with Crippen LogP contribution in [0.3, 0.4) is 0 Å². The number of aliphatic hydroxyl groups is 1. The van der Waals surface area contributed by atoms with Crippen LogP contribution >= 0.6 is 0 Å². The molecule has 1 aliphatic rings. The Morgan fingerprint density at radius 1 is 1.11 bits per heavy atom. The average Bonchev–Trinajstić information content (AvgIpc) is 2.62. The maximum absolute atomic E-state index is 10.2. The fourth-order valence-electron chi connectivity index (χ4n) is 2.71. The van der Waals surface area contributed by atoms with Crippen molar-refractivity contribution in [3.63, 3.8) is 0 Å². The molecule has 0 aromatic heterocycles. The van der Waals surface area contributed by atoms with E-state index in [2.05, 4.69) is 19.1 Å². The van der Waals surface area contributed by atoms with Gasteiger partial charge in [0.1, 0.15) is 5.75 Å². The molecule has 2 unspecified atom stereocenters. The molecule has 18 heavy (non-hydrogen) atoms. The number of ether oxygens (including phenoxy) is 1. The van der Waals surface area contributed by atoms with Crippen molar-refractivity contribution in [2.75, 3.05) is 6.61 Å². The van der Waals surface area contributed by atoms with E-state index in [0.29, 0.717) is 5.92 Å². The van der Waals surface area contributed by atoms with Gasteiger partial charge in [-0.15, -0.1) is 0 Å². The number of aliphatic hydroxyl groups excluding tert-OH is 1. The Morgan fingerprint density at radius 3 is 2.56 bits per heavy atom. The van der Waals surface area contributed by atoms with E-state index in [1.165, 1.54) is 18.4 Å². The van der Waals surface area contributed by atoms with Crippen molar-refractivity contribution in [1.82, 2.24) is 0 Å². The largest absolute Gasteiger partial charge is 0.494 e. The Morgan fingerprint density at radius 2 is 1.83 bits per heavy atom. The van der Waals surface area contributed by atoms with Crippen molar-refractivity contribution in [1.29, 1.82) is 0 Å². The predicted octanol–water partition coefficient (Wildman–Crippen LogP) is 3.88. The third kappa shape index (κ3) is 3.49. The van der Waals surface area contributed by atoms with E-state index in [9.17, 15) is 5.11 Å². The zero-order valence-electron chi connectivity index (χ0n) is 11.3. The molecule has 0 heterocycles. The van der Waals surface area contributed by atoms with E-state index in [1.807, 2.05) is 12.1 Å². The van der Waals surface area contributed by atoms with Gasteiger partial charge in [0.05, 0.1) is 12.7 Å². The van der Waals surface area contributed by atoms with Crippen LogP contribution in [0.2, 0.25) is 0 Å². The summed E-state index contributed by atoms with van der Waals surface area (Å²) in [5, 5.41) is 10.2. The van der Waals surface area contributed by atoms with Gasteiger partial charge in [0.15, 0.2) is 0 Å². The summed E-state index contributed by atoms with van der Waals surface area (Å²) in [6, 6.07) is 8.29. The molecule has 0 saturated heterocycles. The van der Waals surface area contributed by atoms with Gasteiger partial charge >= 0.3 is 0 Å². The summed E-state index contributed by atoms with van der Waals surface area (Å²) >= 11 is 0. The Hall–Kier alpha value is -1.02. The van der Waals surface area contributed by atoms with Gasteiger partial charge in [-0.3, -0.25) is 0 Å². The molecule has 2 rings (SSSR count). The van der Waals surface area contributed by atoms with E-state index >= 15 is 0 Å².